The highest BCUT2D eigenvalue weighted by Crippen LogP contribution is 2.47. The predicted octanol–water partition coefficient (Wildman–Crippen LogP) is 3.18. The van der Waals surface area contributed by atoms with Crippen LogP contribution in [0.4, 0.5) is 5.69 Å². The second kappa shape index (κ2) is 4.48. The van der Waals surface area contributed by atoms with Gasteiger partial charge in [-0.25, -0.2) is 0 Å². The quantitative estimate of drug-likeness (QED) is 0.642. The van der Waals surface area contributed by atoms with Gasteiger partial charge in [0.25, 0.3) is 5.91 Å². The molecule has 1 aliphatic heterocycles. The average molecular weight is 277 g/mol. The van der Waals surface area contributed by atoms with Crippen molar-refractivity contribution in [2.75, 3.05) is 4.90 Å². The summed E-state index contributed by atoms with van der Waals surface area (Å²) in [5.74, 6) is -0.118. The molecular formula is C18H15NO2. The fraction of sp³-hybridized carbons (Fsp3) is 0.167. The van der Waals surface area contributed by atoms with Gasteiger partial charge in [0.1, 0.15) is 0 Å². The van der Waals surface area contributed by atoms with Crippen LogP contribution in [0.15, 0.2) is 66.4 Å². The third kappa shape index (κ3) is 1.64. The molecule has 0 spiro atoms. The summed E-state index contributed by atoms with van der Waals surface area (Å²) in [6.45, 7) is 0. The number of nitrogens with zero attached hydrogens (tertiary/aromatic N) is 1. The van der Waals surface area contributed by atoms with E-state index in [4.69, 9.17) is 0 Å². The van der Waals surface area contributed by atoms with E-state index in [1.807, 2.05) is 47.4 Å². The van der Waals surface area contributed by atoms with E-state index >= 15 is 0 Å². The minimum Gasteiger partial charge on any atom is -0.515 e. The van der Waals surface area contributed by atoms with Gasteiger partial charge in [-0.15, -0.1) is 0 Å². The molecule has 2 atom stereocenters. The first-order valence-corrected chi connectivity index (χ1v) is 7.12. The van der Waals surface area contributed by atoms with Crippen molar-refractivity contribution in [1.82, 2.24) is 0 Å². The number of aliphatic hydroxyl groups excluding tert-OH is 1. The van der Waals surface area contributed by atoms with Crippen molar-refractivity contribution >= 4 is 11.6 Å². The molecule has 2 aromatic rings. The normalized spacial score (nSPS) is 25.2. The Morgan fingerprint density at radius 3 is 2.52 bits per heavy atom. The van der Waals surface area contributed by atoms with Crippen LogP contribution in [0, 0.1) is 0 Å². The molecule has 0 saturated carbocycles. The minimum absolute atomic E-state index is 0.0288. The Hall–Kier alpha value is -2.55. The van der Waals surface area contributed by atoms with Crippen LogP contribution in [0.25, 0.3) is 0 Å². The smallest absolute Gasteiger partial charge is 0.258 e. The van der Waals surface area contributed by atoms with Crippen molar-refractivity contribution in [2.45, 2.75) is 18.4 Å². The fourth-order valence-electron chi connectivity index (χ4n) is 3.64. The van der Waals surface area contributed by atoms with Crippen molar-refractivity contribution in [1.29, 1.82) is 0 Å². The Balaban J connectivity index is 1.85. The zero-order valence-electron chi connectivity index (χ0n) is 11.4. The predicted molar refractivity (Wildman–Crippen MR) is 81.3 cm³/mol. The maximum atomic E-state index is 12.7. The van der Waals surface area contributed by atoms with Gasteiger partial charge in [-0.05, 0) is 29.7 Å². The Morgan fingerprint density at radius 2 is 1.76 bits per heavy atom. The number of fused-ring (bicyclic) bond motifs is 3. The molecule has 3 nitrogen and oxygen atoms in total. The molecule has 0 radical (unpaired) electrons. The van der Waals surface area contributed by atoms with Gasteiger partial charge in [0.2, 0.25) is 0 Å². The number of carbonyl (C=O) groups is 1. The lowest BCUT2D eigenvalue weighted by Crippen LogP contribution is -2.34. The van der Waals surface area contributed by atoms with Crippen molar-refractivity contribution in [3.63, 3.8) is 0 Å². The van der Waals surface area contributed by atoms with Gasteiger partial charge in [0, 0.05) is 11.6 Å². The van der Waals surface area contributed by atoms with Crippen LogP contribution >= 0.6 is 0 Å². The van der Waals surface area contributed by atoms with E-state index in [0.29, 0.717) is 5.57 Å². The van der Waals surface area contributed by atoms with Crippen molar-refractivity contribution in [2.24, 2.45) is 0 Å². The highest BCUT2D eigenvalue weighted by molar-refractivity contribution is 6.10. The van der Waals surface area contributed by atoms with Gasteiger partial charge < -0.3 is 10.0 Å². The third-order valence-electron chi connectivity index (χ3n) is 4.51. The molecule has 0 bridgehead atoms. The van der Waals surface area contributed by atoms with Gasteiger partial charge in [0.15, 0.2) is 0 Å². The summed E-state index contributed by atoms with van der Waals surface area (Å²) in [6.07, 6.45) is 1.82. The molecule has 0 aromatic heterocycles. The molecule has 1 amide bonds. The molecule has 21 heavy (non-hydrogen) atoms. The van der Waals surface area contributed by atoms with E-state index in [0.717, 1.165) is 23.9 Å². The molecular weight excluding hydrogens is 262 g/mol. The summed E-state index contributed by atoms with van der Waals surface area (Å²) in [4.78, 5) is 14.5. The number of benzene rings is 2. The zero-order chi connectivity index (χ0) is 14.4. The van der Waals surface area contributed by atoms with Crippen LogP contribution in [-0.2, 0) is 11.2 Å². The van der Waals surface area contributed by atoms with Crippen LogP contribution in [0.1, 0.15) is 17.0 Å². The highest BCUT2D eigenvalue weighted by atomic mass is 16.2. The van der Waals surface area contributed by atoms with E-state index in [-0.39, 0.29) is 17.9 Å². The molecule has 1 fully saturated rings. The van der Waals surface area contributed by atoms with E-state index in [2.05, 4.69) is 12.1 Å². The van der Waals surface area contributed by atoms with Gasteiger partial charge in [-0.1, -0.05) is 42.5 Å². The standard InChI is InChI=1S/C18H15NO2/c20-11-15-17-14-9-5-4-6-12(14)10-16(17)19(18(15)21)13-7-2-1-3-8-13/h1-9,11,16-17,20H,10H2/b15-11+. The first-order chi connectivity index (χ1) is 10.3. The summed E-state index contributed by atoms with van der Waals surface area (Å²) in [6, 6.07) is 17.9. The number of aliphatic hydroxyl groups is 1. The molecule has 2 aromatic carbocycles. The molecule has 2 aliphatic rings. The monoisotopic (exact) mass is 277 g/mol. The van der Waals surface area contributed by atoms with E-state index in [1.165, 1.54) is 5.56 Å². The molecule has 1 N–H and O–H groups in total. The first kappa shape index (κ1) is 12.2. The second-order valence-corrected chi connectivity index (χ2v) is 5.54. The summed E-state index contributed by atoms with van der Waals surface area (Å²) in [5.41, 5.74) is 3.81. The van der Waals surface area contributed by atoms with Gasteiger partial charge in [-0.3, -0.25) is 4.79 Å². The Labute approximate surface area is 123 Å². The maximum absolute atomic E-state index is 12.7. The van der Waals surface area contributed by atoms with Crippen molar-refractivity contribution in [3.8, 4) is 0 Å². The van der Waals surface area contributed by atoms with Crippen LogP contribution in [0.2, 0.25) is 0 Å². The van der Waals surface area contributed by atoms with Crippen molar-refractivity contribution in [3.05, 3.63) is 77.6 Å². The zero-order valence-corrected chi connectivity index (χ0v) is 11.4. The number of rotatable bonds is 1. The van der Waals surface area contributed by atoms with Crippen molar-refractivity contribution < 1.29 is 9.90 Å². The number of hydrogen-bond acceptors (Lipinski definition) is 2. The van der Waals surface area contributed by atoms with E-state index in [9.17, 15) is 9.90 Å². The van der Waals surface area contributed by atoms with Gasteiger partial charge in [0.05, 0.1) is 17.9 Å². The summed E-state index contributed by atoms with van der Waals surface area (Å²) < 4.78 is 0. The molecule has 104 valence electrons. The van der Waals surface area contributed by atoms with E-state index < -0.39 is 0 Å². The number of amides is 1. The van der Waals surface area contributed by atoms with Gasteiger partial charge >= 0.3 is 0 Å². The van der Waals surface area contributed by atoms with Crippen LogP contribution in [0.3, 0.4) is 0 Å². The Morgan fingerprint density at radius 1 is 1.05 bits per heavy atom. The molecule has 4 rings (SSSR count). The largest absolute Gasteiger partial charge is 0.515 e. The molecule has 1 aliphatic carbocycles. The highest BCUT2D eigenvalue weighted by Gasteiger charge is 2.49. The molecule has 2 unspecified atom stereocenters. The van der Waals surface area contributed by atoms with Crippen LogP contribution < -0.4 is 4.90 Å². The Kier molecular flexibility index (Phi) is 2.61. The lowest BCUT2D eigenvalue weighted by atomic mass is 9.94. The number of carbonyl (C=O) groups excluding carboxylic acids is 1. The summed E-state index contributed by atoms with van der Waals surface area (Å²) >= 11 is 0. The molecule has 1 heterocycles. The second-order valence-electron chi connectivity index (χ2n) is 5.54. The average Bonchev–Trinajstić information content (AvgIpc) is 3.01. The summed E-state index contributed by atoms with van der Waals surface area (Å²) in [5, 5.41) is 9.56. The lowest BCUT2D eigenvalue weighted by Gasteiger charge is -2.23. The summed E-state index contributed by atoms with van der Waals surface area (Å²) in [7, 11) is 0. The van der Waals surface area contributed by atoms with Gasteiger partial charge in [-0.2, -0.15) is 0 Å². The molecule has 1 saturated heterocycles. The lowest BCUT2D eigenvalue weighted by molar-refractivity contribution is -0.114. The molecule has 3 heteroatoms. The third-order valence-corrected chi connectivity index (χ3v) is 4.51. The first-order valence-electron chi connectivity index (χ1n) is 7.12. The number of anilines is 1. The van der Waals surface area contributed by atoms with Crippen LogP contribution in [0.5, 0.6) is 0 Å². The van der Waals surface area contributed by atoms with E-state index in [1.54, 1.807) is 0 Å². The maximum Gasteiger partial charge on any atom is 0.258 e. The SMILES string of the molecule is O=C1/C(=C/O)C2c3ccccc3CC2N1c1ccccc1. The number of hydrogen-bond donors (Lipinski definition) is 1. The van der Waals surface area contributed by atoms with Crippen LogP contribution in [-0.4, -0.2) is 17.1 Å². The fourth-order valence-corrected chi connectivity index (χ4v) is 3.64. The topological polar surface area (TPSA) is 40.5 Å². The Bertz CT molecular complexity index is 736. The number of para-hydroxylation sites is 1. The minimum atomic E-state index is -0.0896.